The number of hydrogen-bond acceptors (Lipinski definition) is 6. The predicted octanol–water partition coefficient (Wildman–Crippen LogP) is -2.27. The first-order chi connectivity index (χ1) is 8.13. The van der Waals surface area contributed by atoms with Crippen LogP contribution in [-0.2, 0) is 14.3 Å². The van der Waals surface area contributed by atoms with Crippen LogP contribution in [0.25, 0.3) is 0 Å². The highest BCUT2D eigenvalue weighted by Crippen LogP contribution is 2.31. The molecule has 0 radical (unpaired) electrons. The van der Waals surface area contributed by atoms with Crippen molar-refractivity contribution in [1.29, 1.82) is 0 Å². The van der Waals surface area contributed by atoms with E-state index in [9.17, 15) is 29.3 Å². The maximum Gasteiger partial charge on any atom is 0.356 e. The van der Waals surface area contributed by atoms with Crippen molar-refractivity contribution in [3.63, 3.8) is 0 Å². The molecule has 1 aliphatic rings. The Kier molecular flexibility index (Phi) is 3.91. The molecular weight excluding hydrogens is 255 g/mol. The normalized spacial score (nSPS) is 37.3. The van der Waals surface area contributed by atoms with Gasteiger partial charge in [-0.25, -0.2) is 14.0 Å². The molecule has 1 saturated heterocycles. The van der Waals surface area contributed by atoms with Crippen LogP contribution in [0.5, 0.6) is 0 Å². The number of rotatable bonds is 3. The first-order valence-electron chi connectivity index (χ1n) is 4.99. The zero-order chi connectivity index (χ0) is 14.2. The summed E-state index contributed by atoms with van der Waals surface area (Å²) in [4.78, 5) is 21.4. The summed E-state index contributed by atoms with van der Waals surface area (Å²) < 4.78 is 18.6. The molecular formula is C9H13FO8. The molecule has 0 aromatic rings. The smallest absolute Gasteiger partial charge is 0.356 e. The van der Waals surface area contributed by atoms with Crippen LogP contribution in [0.4, 0.5) is 4.39 Å². The number of aliphatic carboxylic acids is 2. The summed E-state index contributed by atoms with van der Waals surface area (Å²) in [6.07, 6.45) is -9.24. The maximum absolute atomic E-state index is 14.0. The Balaban J connectivity index is 3.14. The molecule has 9 heteroatoms. The van der Waals surface area contributed by atoms with Crippen molar-refractivity contribution in [2.45, 2.75) is 43.1 Å². The van der Waals surface area contributed by atoms with Crippen molar-refractivity contribution in [1.82, 2.24) is 0 Å². The van der Waals surface area contributed by atoms with Crippen LogP contribution in [0, 0.1) is 0 Å². The Labute approximate surface area is 100 Å². The summed E-state index contributed by atoms with van der Waals surface area (Å²) in [5, 5.41) is 45.4. The van der Waals surface area contributed by atoms with E-state index in [0.29, 0.717) is 0 Å². The molecule has 0 aliphatic carbocycles. The fourth-order valence-electron chi connectivity index (χ4n) is 1.71. The summed E-state index contributed by atoms with van der Waals surface area (Å²) in [6, 6.07) is 0. The number of aliphatic hydroxyl groups is 3. The topological polar surface area (TPSA) is 145 Å². The zero-order valence-corrected chi connectivity index (χ0v) is 9.23. The Hall–Kier alpha value is -1.29. The Bertz CT molecular complexity index is 344. The molecule has 1 unspecified atom stereocenters. The number of ether oxygens (including phenoxy) is 1. The minimum atomic E-state index is -3.92. The second kappa shape index (κ2) is 4.76. The van der Waals surface area contributed by atoms with Crippen molar-refractivity contribution < 1.29 is 44.2 Å². The van der Waals surface area contributed by atoms with Gasteiger partial charge in [0.05, 0.1) is 6.10 Å². The van der Waals surface area contributed by atoms with Gasteiger partial charge in [-0.1, -0.05) is 0 Å². The molecule has 1 fully saturated rings. The molecule has 5 N–H and O–H groups in total. The van der Waals surface area contributed by atoms with E-state index in [1.807, 2.05) is 0 Å². The van der Waals surface area contributed by atoms with Crippen molar-refractivity contribution >= 4 is 11.9 Å². The molecule has 0 aromatic carbocycles. The van der Waals surface area contributed by atoms with E-state index < -0.39 is 48.1 Å². The number of carboxylic acid groups (broad SMARTS) is 2. The van der Waals surface area contributed by atoms with Gasteiger partial charge in [0, 0.05) is 0 Å². The van der Waals surface area contributed by atoms with Crippen LogP contribution in [-0.4, -0.2) is 73.7 Å². The largest absolute Gasteiger partial charge is 0.478 e. The lowest BCUT2D eigenvalue weighted by Crippen LogP contribution is -2.67. The fourth-order valence-corrected chi connectivity index (χ4v) is 1.71. The van der Waals surface area contributed by atoms with Crippen LogP contribution >= 0.6 is 0 Å². The van der Waals surface area contributed by atoms with Crippen LogP contribution < -0.4 is 0 Å². The number of halogens is 1. The second-order valence-electron chi connectivity index (χ2n) is 4.06. The van der Waals surface area contributed by atoms with Gasteiger partial charge in [0.25, 0.3) is 0 Å². The molecule has 104 valence electrons. The van der Waals surface area contributed by atoms with Crippen LogP contribution in [0.2, 0.25) is 0 Å². The molecule has 8 nitrogen and oxygen atoms in total. The molecule has 1 heterocycles. The van der Waals surface area contributed by atoms with E-state index in [4.69, 9.17) is 10.2 Å². The lowest BCUT2D eigenvalue weighted by atomic mass is 9.86. The molecule has 18 heavy (non-hydrogen) atoms. The number of carbonyl (C=O) groups is 2. The number of alkyl halides is 1. The summed E-state index contributed by atoms with van der Waals surface area (Å²) in [5.74, 6) is -4.73. The van der Waals surface area contributed by atoms with Gasteiger partial charge in [-0.3, -0.25) is 0 Å². The van der Waals surface area contributed by atoms with Gasteiger partial charge in [0.2, 0.25) is 0 Å². The number of aliphatic hydroxyl groups excluding tert-OH is 3. The van der Waals surface area contributed by atoms with Crippen molar-refractivity contribution in [2.75, 3.05) is 0 Å². The molecule has 1 aliphatic heterocycles. The third kappa shape index (κ3) is 2.05. The van der Waals surface area contributed by atoms with Crippen molar-refractivity contribution in [3.05, 3.63) is 0 Å². The quantitative estimate of drug-likeness (QED) is 0.360. The van der Waals surface area contributed by atoms with Crippen LogP contribution in [0.15, 0.2) is 0 Å². The average molecular weight is 268 g/mol. The van der Waals surface area contributed by atoms with Gasteiger partial charge in [0.1, 0.15) is 24.4 Å². The minimum Gasteiger partial charge on any atom is -0.478 e. The lowest BCUT2D eigenvalue weighted by molar-refractivity contribution is -0.250. The van der Waals surface area contributed by atoms with E-state index in [2.05, 4.69) is 4.74 Å². The summed E-state index contributed by atoms with van der Waals surface area (Å²) in [5.41, 5.74) is -3.92. The minimum absolute atomic E-state index is 1.18. The Morgan fingerprint density at radius 3 is 1.89 bits per heavy atom. The Morgan fingerprint density at radius 2 is 1.50 bits per heavy atom. The average Bonchev–Trinajstić information content (AvgIpc) is 2.29. The highest BCUT2D eigenvalue weighted by atomic mass is 19.1. The monoisotopic (exact) mass is 268 g/mol. The van der Waals surface area contributed by atoms with E-state index in [1.165, 1.54) is 6.92 Å². The number of hydrogen-bond donors (Lipinski definition) is 5. The number of carboxylic acids is 2. The Morgan fingerprint density at radius 1 is 1.06 bits per heavy atom. The molecule has 1 rings (SSSR count). The van der Waals surface area contributed by atoms with E-state index >= 15 is 0 Å². The molecule has 0 saturated carbocycles. The molecule has 0 spiro atoms. The lowest BCUT2D eigenvalue weighted by Gasteiger charge is -2.42. The first kappa shape index (κ1) is 14.8. The third-order valence-corrected chi connectivity index (χ3v) is 2.87. The predicted molar refractivity (Wildman–Crippen MR) is 51.5 cm³/mol. The van der Waals surface area contributed by atoms with E-state index in [0.717, 1.165) is 0 Å². The van der Waals surface area contributed by atoms with Gasteiger partial charge in [-0.05, 0) is 6.92 Å². The molecule has 5 atom stereocenters. The van der Waals surface area contributed by atoms with Crippen molar-refractivity contribution in [2.24, 2.45) is 0 Å². The van der Waals surface area contributed by atoms with Gasteiger partial charge >= 0.3 is 17.6 Å². The third-order valence-electron chi connectivity index (χ3n) is 2.87. The maximum atomic E-state index is 14.0. The van der Waals surface area contributed by atoms with E-state index in [-0.39, 0.29) is 0 Å². The highest BCUT2D eigenvalue weighted by molar-refractivity contribution is 6.02. The molecule has 0 aromatic heterocycles. The SMILES string of the molecule is C[C@@H]1OC(C(F)(C(=O)O)C(=O)O)[C@H](O)[C@H](O)[C@H]1O. The van der Waals surface area contributed by atoms with Gasteiger partial charge in [-0.2, -0.15) is 0 Å². The summed E-state index contributed by atoms with van der Waals surface area (Å²) >= 11 is 0. The van der Waals surface area contributed by atoms with Crippen molar-refractivity contribution in [3.8, 4) is 0 Å². The van der Waals surface area contributed by atoms with E-state index in [1.54, 1.807) is 0 Å². The molecule has 0 bridgehead atoms. The summed E-state index contributed by atoms with van der Waals surface area (Å²) in [6.45, 7) is 1.18. The van der Waals surface area contributed by atoms with Gasteiger partial charge in [0.15, 0.2) is 0 Å². The second-order valence-corrected chi connectivity index (χ2v) is 4.06. The highest BCUT2D eigenvalue weighted by Gasteiger charge is 2.62. The fraction of sp³-hybridized carbons (Fsp3) is 0.778. The zero-order valence-electron chi connectivity index (χ0n) is 9.23. The van der Waals surface area contributed by atoms with Crippen LogP contribution in [0.1, 0.15) is 6.92 Å². The van der Waals surface area contributed by atoms with Gasteiger partial charge in [-0.15, -0.1) is 0 Å². The van der Waals surface area contributed by atoms with Gasteiger partial charge < -0.3 is 30.3 Å². The molecule has 0 amide bonds. The standard InChI is InChI=1S/C9H13FO8/c1-2-3(11)4(12)5(13)6(18-2)9(10,7(14)15)8(16)17/h2-6,11-13H,1H3,(H,14,15)(H,16,17)/t2-,3-,4+,5+,6?/m0/s1. The van der Waals surface area contributed by atoms with Crippen LogP contribution in [0.3, 0.4) is 0 Å². The summed E-state index contributed by atoms with van der Waals surface area (Å²) in [7, 11) is 0. The first-order valence-corrected chi connectivity index (χ1v) is 4.99.